The molecule has 2 unspecified atom stereocenters. The summed E-state index contributed by atoms with van der Waals surface area (Å²) in [6, 6.07) is 12.0. The lowest BCUT2D eigenvalue weighted by molar-refractivity contribution is -0.142. The Bertz CT molecular complexity index is 734. The Hall–Kier alpha value is -2.44. The fourth-order valence-electron chi connectivity index (χ4n) is 2.46. The van der Waals surface area contributed by atoms with Crippen molar-refractivity contribution in [1.29, 1.82) is 0 Å². The zero-order valence-electron chi connectivity index (χ0n) is 13.2. The smallest absolute Gasteiger partial charge is 0.304 e. The summed E-state index contributed by atoms with van der Waals surface area (Å²) in [5.74, 6) is -3.49. The topological polar surface area (TPSA) is 86.6 Å². The van der Waals surface area contributed by atoms with E-state index in [9.17, 15) is 19.1 Å². The number of hydrogen-bond acceptors (Lipinski definition) is 3. The Morgan fingerprint density at radius 3 is 2.36 bits per heavy atom. The number of carbonyl (C=O) groups is 2. The van der Waals surface area contributed by atoms with Gasteiger partial charge in [-0.2, -0.15) is 0 Å². The Morgan fingerprint density at radius 1 is 1.12 bits per heavy atom. The lowest BCUT2D eigenvalue weighted by Crippen LogP contribution is -2.37. The molecule has 5 nitrogen and oxygen atoms in total. The number of carboxylic acids is 1. The van der Waals surface area contributed by atoms with Crippen molar-refractivity contribution in [2.45, 2.75) is 12.5 Å². The standard InChI is InChI=1S/C18H17ClFNO4/c19-14-6-12(7-15(20)9-14)17(11-4-2-1-3-5-11)21-18(25)13(10-22)8-16(23)24/h1-7,9,13,17,22H,8,10H2,(H,21,25)(H,23,24). The van der Waals surface area contributed by atoms with Crippen molar-refractivity contribution >= 4 is 23.5 Å². The number of nitrogens with one attached hydrogen (secondary N) is 1. The van der Waals surface area contributed by atoms with Gasteiger partial charge in [0.1, 0.15) is 5.82 Å². The van der Waals surface area contributed by atoms with Gasteiger partial charge in [-0.25, -0.2) is 4.39 Å². The molecule has 2 atom stereocenters. The van der Waals surface area contributed by atoms with Crippen molar-refractivity contribution in [2.24, 2.45) is 5.92 Å². The van der Waals surface area contributed by atoms with Gasteiger partial charge < -0.3 is 15.5 Å². The minimum atomic E-state index is -1.20. The largest absolute Gasteiger partial charge is 0.481 e. The van der Waals surface area contributed by atoms with Gasteiger partial charge in [0.05, 0.1) is 25.0 Å². The second-order valence-electron chi connectivity index (χ2n) is 5.53. The number of amides is 1. The van der Waals surface area contributed by atoms with E-state index in [1.54, 1.807) is 30.3 Å². The lowest BCUT2D eigenvalue weighted by atomic mass is 9.97. The third-order valence-corrected chi connectivity index (χ3v) is 3.87. The second kappa shape index (κ2) is 8.60. The van der Waals surface area contributed by atoms with E-state index < -0.39 is 42.7 Å². The van der Waals surface area contributed by atoms with Crippen LogP contribution >= 0.6 is 11.6 Å². The first-order valence-corrected chi connectivity index (χ1v) is 7.92. The number of aliphatic carboxylic acids is 1. The molecule has 0 aliphatic heterocycles. The van der Waals surface area contributed by atoms with Gasteiger partial charge in [-0.1, -0.05) is 41.9 Å². The average molecular weight is 366 g/mol. The number of hydrogen-bond donors (Lipinski definition) is 3. The maximum absolute atomic E-state index is 13.7. The van der Waals surface area contributed by atoms with Crippen molar-refractivity contribution in [3.63, 3.8) is 0 Å². The molecule has 0 aromatic heterocycles. The average Bonchev–Trinajstić information content (AvgIpc) is 2.57. The normalized spacial score (nSPS) is 13.1. The number of benzene rings is 2. The maximum Gasteiger partial charge on any atom is 0.304 e. The van der Waals surface area contributed by atoms with Gasteiger partial charge in [-0.15, -0.1) is 0 Å². The van der Waals surface area contributed by atoms with E-state index in [1.807, 2.05) is 0 Å². The fourth-order valence-corrected chi connectivity index (χ4v) is 2.69. The highest BCUT2D eigenvalue weighted by molar-refractivity contribution is 6.30. The highest BCUT2D eigenvalue weighted by atomic mass is 35.5. The zero-order chi connectivity index (χ0) is 18.4. The summed E-state index contributed by atoms with van der Waals surface area (Å²) < 4.78 is 13.7. The molecule has 2 aromatic carbocycles. The molecule has 7 heteroatoms. The van der Waals surface area contributed by atoms with Crippen LogP contribution in [-0.2, 0) is 9.59 Å². The first kappa shape index (κ1) is 18.9. The maximum atomic E-state index is 13.7. The van der Waals surface area contributed by atoms with Crippen LogP contribution in [0, 0.1) is 11.7 Å². The minimum absolute atomic E-state index is 0.175. The summed E-state index contributed by atoms with van der Waals surface area (Å²) in [7, 11) is 0. The van der Waals surface area contributed by atoms with Gasteiger partial charge in [-0.05, 0) is 29.3 Å². The fraction of sp³-hybridized carbons (Fsp3) is 0.222. The highest BCUT2D eigenvalue weighted by Gasteiger charge is 2.25. The molecule has 0 bridgehead atoms. The molecule has 1 amide bonds. The van der Waals surface area contributed by atoms with Crippen LogP contribution in [0.2, 0.25) is 5.02 Å². The molecule has 0 spiro atoms. The van der Waals surface area contributed by atoms with Crippen molar-refractivity contribution in [3.8, 4) is 0 Å². The SMILES string of the molecule is O=C(O)CC(CO)C(=O)NC(c1ccccc1)c1cc(F)cc(Cl)c1. The van der Waals surface area contributed by atoms with Gasteiger partial charge >= 0.3 is 5.97 Å². The van der Waals surface area contributed by atoms with E-state index in [0.717, 1.165) is 6.07 Å². The molecule has 0 radical (unpaired) electrons. The molecule has 0 saturated carbocycles. The van der Waals surface area contributed by atoms with Crippen molar-refractivity contribution in [2.75, 3.05) is 6.61 Å². The summed E-state index contributed by atoms with van der Waals surface area (Å²) in [5, 5.41) is 21.0. The van der Waals surface area contributed by atoms with Gasteiger partial charge in [0.2, 0.25) is 5.91 Å². The van der Waals surface area contributed by atoms with Crippen LogP contribution in [0.5, 0.6) is 0 Å². The number of aliphatic hydroxyl groups is 1. The van der Waals surface area contributed by atoms with E-state index in [0.29, 0.717) is 11.1 Å². The third kappa shape index (κ3) is 5.27. The second-order valence-corrected chi connectivity index (χ2v) is 5.97. The lowest BCUT2D eigenvalue weighted by Gasteiger charge is -2.22. The first-order chi connectivity index (χ1) is 11.9. The Labute approximate surface area is 149 Å². The third-order valence-electron chi connectivity index (χ3n) is 3.65. The molecule has 25 heavy (non-hydrogen) atoms. The molecule has 0 saturated heterocycles. The van der Waals surface area contributed by atoms with Gasteiger partial charge in [0, 0.05) is 5.02 Å². The van der Waals surface area contributed by atoms with E-state index in [-0.39, 0.29) is 5.02 Å². The van der Waals surface area contributed by atoms with Crippen molar-refractivity contribution in [1.82, 2.24) is 5.32 Å². The Morgan fingerprint density at radius 2 is 1.80 bits per heavy atom. The van der Waals surface area contributed by atoms with Crippen LogP contribution < -0.4 is 5.32 Å². The number of carbonyl (C=O) groups excluding carboxylic acids is 1. The number of aliphatic hydroxyl groups excluding tert-OH is 1. The number of carboxylic acid groups (broad SMARTS) is 1. The van der Waals surface area contributed by atoms with Gasteiger partial charge in [-0.3, -0.25) is 9.59 Å². The summed E-state index contributed by atoms with van der Waals surface area (Å²) in [5.41, 5.74) is 1.08. The molecule has 0 fully saturated rings. The minimum Gasteiger partial charge on any atom is -0.481 e. The van der Waals surface area contributed by atoms with Crippen LogP contribution in [0.4, 0.5) is 4.39 Å². The van der Waals surface area contributed by atoms with E-state index in [4.69, 9.17) is 16.7 Å². The molecule has 0 heterocycles. The van der Waals surface area contributed by atoms with E-state index in [2.05, 4.69) is 5.32 Å². The summed E-state index contributed by atoms with van der Waals surface area (Å²) >= 11 is 5.91. The Balaban J connectivity index is 2.35. The molecule has 132 valence electrons. The van der Waals surface area contributed by atoms with Crippen LogP contribution in [0.3, 0.4) is 0 Å². The first-order valence-electron chi connectivity index (χ1n) is 7.54. The predicted molar refractivity (Wildman–Crippen MR) is 90.7 cm³/mol. The van der Waals surface area contributed by atoms with Crippen molar-refractivity contribution < 1.29 is 24.2 Å². The number of halogens is 2. The van der Waals surface area contributed by atoms with Crippen LogP contribution in [0.25, 0.3) is 0 Å². The van der Waals surface area contributed by atoms with Crippen LogP contribution in [0.1, 0.15) is 23.6 Å². The molecule has 2 aromatic rings. The summed E-state index contributed by atoms with van der Waals surface area (Å²) in [6.07, 6.45) is -0.506. The van der Waals surface area contributed by atoms with Crippen LogP contribution in [-0.4, -0.2) is 28.7 Å². The Kier molecular flexibility index (Phi) is 6.50. The molecular formula is C18H17ClFNO4. The van der Waals surface area contributed by atoms with Gasteiger partial charge in [0.15, 0.2) is 0 Å². The van der Waals surface area contributed by atoms with E-state index in [1.165, 1.54) is 12.1 Å². The predicted octanol–water partition coefficient (Wildman–Crippen LogP) is 2.77. The molecule has 0 aliphatic carbocycles. The summed E-state index contributed by atoms with van der Waals surface area (Å²) in [6.45, 7) is -0.608. The molecular weight excluding hydrogens is 349 g/mol. The quantitative estimate of drug-likeness (QED) is 0.704. The van der Waals surface area contributed by atoms with E-state index >= 15 is 0 Å². The monoisotopic (exact) mass is 365 g/mol. The molecule has 0 aliphatic rings. The molecule has 2 rings (SSSR count). The molecule has 3 N–H and O–H groups in total. The van der Waals surface area contributed by atoms with Crippen LogP contribution in [0.15, 0.2) is 48.5 Å². The zero-order valence-corrected chi connectivity index (χ0v) is 13.9. The highest BCUT2D eigenvalue weighted by Crippen LogP contribution is 2.26. The van der Waals surface area contributed by atoms with Gasteiger partial charge in [0.25, 0.3) is 0 Å². The number of rotatable bonds is 7. The summed E-state index contributed by atoms with van der Waals surface area (Å²) in [4.78, 5) is 23.2. The van der Waals surface area contributed by atoms with Crippen molar-refractivity contribution in [3.05, 3.63) is 70.5 Å².